The number of nitrogens with zero attached hydrogens (tertiary/aromatic N) is 1. The second-order valence-corrected chi connectivity index (χ2v) is 5.57. The third kappa shape index (κ3) is 2.97. The highest BCUT2D eigenvalue weighted by molar-refractivity contribution is 5.92. The SMILES string of the molecule is O=C(NC1CCCC1)c1coc(C2CCCNC2)n1. The van der Waals surface area contributed by atoms with Crippen LogP contribution in [0.5, 0.6) is 0 Å². The number of carbonyl (C=O) groups is 1. The molecule has 2 heterocycles. The van der Waals surface area contributed by atoms with Gasteiger partial charge in [-0.25, -0.2) is 4.98 Å². The molecule has 5 heteroatoms. The Morgan fingerprint density at radius 3 is 2.89 bits per heavy atom. The molecule has 2 fully saturated rings. The quantitative estimate of drug-likeness (QED) is 0.873. The van der Waals surface area contributed by atoms with E-state index in [-0.39, 0.29) is 5.91 Å². The fraction of sp³-hybridized carbons (Fsp3) is 0.714. The molecule has 1 amide bonds. The first-order chi connectivity index (χ1) is 9.33. The van der Waals surface area contributed by atoms with Crippen LogP contribution in [0.1, 0.15) is 60.8 Å². The Morgan fingerprint density at radius 1 is 1.32 bits per heavy atom. The number of nitrogens with one attached hydrogen (secondary N) is 2. The van der Waals surface area contributed by atoms with E-state index in [4.69, 9.17) is 4.42 Å². The van der Waals surface area contributed by atoms with Gasteiger partial charge in [-0.3, -0.25) is 4.79 Å². The molecule has 1 saturated heterocycles. The van der Waals surface area contributed by atoms with E-state index >= 15 is 0 Å². The first kappa shape index (κ1) is 12.7. The molecule has 0 spiro atoms. The third-order valence-electron chi connectivity index (χ3n) is 4.09. The summed E-state index contributed by atoms with van der Waals surface area (Å²) in [4.78, 5) is 16.4. The molecule has 0 bridgehead atoms. The summed E-state index contributed by atoms with van der Waals surface area (Å²) in [7, 11) is 0. The molecule has 2 N–H and O–H groups in total. The lowest BCUT2D eigenvalue weighted by Gasteiger charge is -2.19. The standard InChI is InChI=1S/C14H21N3O2/c18-13(16-11-5-1-2-6-11)12-9-19-14(17-12)10-4-3-7-15-8-10/h9-11,15H,1-8H2,(H,16,18). The molecular weight excluding hydrogens is 242 g/mol. The van der Waals surface area contributed by atoms with Gasteiger partial charge in [0, 0.05) is 18.5 Å². The van der Waals surface area contributed by atoms with Gasteiger partial charge in [-0.15, -0.1) is 0 Å². The van der Waals surface area contributed by atoms with Crippen LogP contribution in [-0.2, 0) is 0 Å². The molecule has 1 aliphatic carbocycles. The largest absolute Gasteiger partial charge is 0.448 e. The summed E-state index contributed by atoms with van der Waals surface area (Å²) in [5, 5.41) is 6.36. The normalized spacial score (nSPS) is 24.5. The van der Waals surface area contributed by atoms with Crippen molar-refractivity contribution in [1.29, 1.82) is 0 Å². The minimum absolute atomic E-state index is 0.0920. The zero-order valence-electron chi connectivity index (χ0n) is 11.2. The van der Waals surface area contributed by atoms with Crippen molar-refractivity contribution in [2.45, 2.75) is 50.5 Å². The second-order valence-electron chi connectivity index (χ2n) is 5.57. The number of piperidine rings is 1. The number of oxazole rings is 1. The first-order valence-electron chi connectivity index (χ1n) is 7.30. The maximum absolute atomic E-state index is 12.0. The van der Waals surface area contributed by atoms with Crippen molar-refractivity contribution in [2.75, 3.05) is 13.1 Å². The van der Waals surface area contributed by atoms with E-state index in [1.165, 1.54) is 19.1 Å². The van der Waals surface area contributed by atoms with Gasteiger partial charge >= 0.3 is 0 Å². The topological polar surface area (TPSA) is 67.2 Å². The summed E-state index contributed by atoms with van der Waals surface area (Å²) in [6.07, 6.45) is 8.31. The highest BCUT2D eigenvalue weighted by Crippen LogP contribution is 2.23. The number of hydrogen-bond acceptors (Lipinski definition) is 4. The third-order valence-corrected chi connectivity index (χ3v) is 4.09. The van der Waals surface area contributed by atoms with Gasteiger partial charge in [-0.05, 0) is 32.2 Å². The van der Waals surface area contributed by atoms with Crippen molar-refractivity contribution in [1.82, 2.24) is 15.6 Å². The average molecular weight is 263 g/mol. The Kier molecular flexibility index (Phi) is 3.82. The highest BCUT2D eigenvalue weighted by Gasteiger charge is 2.23. The van der Waals surface area contributed by atoms with Crippen molar-refractivity contribution in [3.8, 4) is 0 Å². The molecule has 3 rings (SSSR count). The van der Waals surface area contributed by atoms with Gasteiger partial charge in [0.15, 0.2) is 11.6 Å². The van der Waals surface area contributed by atoms with Gasteiger partial charge in [0.2, 0.25) is 0 Å². The Morgan fingerprint density at radius 2 is 2.16 bits per heavy atom. The fourth-order valence-corrected chi connectivity index (χ4v) is 2.97. The van der Waals surface area contributed by atoms with Gasteiger partial charge in [-0.1, -0.05) is 12.8 Å². The van der Waals surface area contributed by atoms with Gasteiger partial charge < -0.3 is 15.1 Å². The first-order valence-corrected chi connectivity index (χ1v) is 7.30. The zero-order chi connectivity index (χ0) is 13.1. The van der Waals surface area contributed by atoms with Crippen molar-refractivity contribution in [2.24, 2.45) is 0 Å². The van der Waals surface area contributed by atoms with Crippen LogP contribution < -0.4 is 10.6 Å². The van der Waals surface area contributed by atoms with Crippen LogP contribution in [-0.4, -0.2) is 30.0 Å². The molecule has 0 aromatic carbocycles. The summed E-state index contributed by atoms with van der Waals surface area (Å²) < 4.78 is 5.48. The molecule has 1 saturated carbocycles. The van der Waals surface area contributed by atoms with Crippen LogP contribution in [0, 0.1) is 0 Å². The van der Waals surface area contributed by atoms with E-state index in [1.54, 1.807) is 0 Å². The van der Waals surface area contributed by atoms with Crippen LogP contribution in [0.4, 0.5) is 0 Å². The summed E-state index contributed by atoms with van der Waals surface area (Å²) >= 11 is 0. The lowest BCUT2D eigenvalue weighted by molar-refractivity contribution is 0.0932. The number of amides is 1. The monoisotopic (exact) mass is 263 g/mol. The van der Waals surface area contributed by atoms with Crippen molar-refractivity contribution in [3.63, 3.8) is 0 Å². The van der Waals surface area contributed by atoms with Crippen LogP contribution in [0.15, 0.2) is 10.7 Å². The lowest BCUT2D eigenvalue weighted by Crippen LogP contribution is -2.33. The van der Waals surface area contributed by atoms with Crippen LogP contribution in [0.25, 0.3) is 0 Å². The predicted molar refractivity (Wildman–Crippen MR) is 71.1 cm³/mol. The second kappa shape index (κ2) is 5.74. The molecule has 5 nitrogen and oxygen atoms in total. The maximum Gasteiger partial charge on any atom is 0.273 e. The van der Waals surface area contributed by atoms with Crippen molar-refractivity contribution < 1.29 is 9.21 Å². The van der Waals surface area contributed by atoms with Gasteiger partial charge in [0.25, 0.3) is 5.91 Å². The minimum Gasteiger partial charge on any atom is -0.448 e. The lowest BCUT2D eigenvalue weighted by atomic mass is 10.00. The Labute approximate surface area is 113 Å². The van der Waals surface area contributed by atoms with E-state index in [1.807, 2.05) is 0 Å². The van der Waals surface area contributed by atoms with E-state index in [0.717, 1.165) is 38.8 Å². The van der Waals surface area contributed by atoms with E-state index in [2.05, 4.69) is 15.6 Å². The number of rotatable bonds is 3. The van der Waals surface area contributed by atoms with E-state index in [0.29, 0.717) is 23.5 Å². The molecule has 104 valence electrons. The van der Waals surface area contributed by atoms with Gasteiger partial charge in [0.05, 0.1) is 0 Å². The van der Waals surface area contributed by atoms with Gasteiger partial charge in [0.1, 0.15) is 6.26 Å². The Hall–Kier alpha value is -1.36. The highest BCUT2D eigenvalue weighted by atomic mass is 16.3. The zero-order valence-corrected chi connectivity index (χ0v) is 11.2. The van der Waals surface area contributed by atoms with Crippen molar-refractivity contribution in [3.05, 3.63) is 17.8 Å². The summed E-state index contributed by atoms with van der Waals surface area (Å²) in [5.41, 5.74) is 0.424. The molecule has 19 heavy (non-hydrogen) atoms. The summed E-state index contributed by atoms with van der Waals surface area (Å²) in [5.74, 6) is 0.913. The molecule has 2 aliphatic rings. The Bertz CT molecular complexity index is 432. The number of hydrogen-bond donors (Lipinski definition) is 2. The average Bonchev–Trinajstić information content (AvgIpc) is 3.10. The molecule has 1 aromatic rings. The van der Waals surface area contributed by atoms with E-state index in [9.17, 15) is 4.79 Å². The maximum atomic E-state index is 12.0. The molecule has 1 unspecified atom stereocenters. The van der Waals surface area contributed by atoms with Gasteiger partial charge in [-0.2, -0.15) is 0 Å². The smallest absolute Gasteiger partial charge is 0.273 e. The van der Waals surface area contributed by atoms with Crippen molar-refractivity contribution >= 4 is 5.91 Å². The Balaban J connectivity index is 1.61. The summed E-state index contributed by atoms with van der Waals surface area (Å²) in [6.45, 7) is 1.95. The molecule has 1 aromatic heterocycles. The van der Waals surface area contributed by atoms with E-state index < -0.39 is 0 Å². The fourth-order valence-electron chi connectivity index (χ4n) is 2.97. The van der Waals surface area contributed by atoms with Crippen LogP contribution in [0.2, 0.25) is 0 Å². The molecule has 1 atom stereocenters. The van der Waals surface area contributed by atoms with Crippen LogP contribution >= 0.6 is 0 Å². The minimum atomic E-state index is -0.0920. The number of aromatic nitrogens is 1. The number of carbonyl (C=O) groups excluding carboxylic acids is 1. The predicted octanol–water partition coefficient (Wildman–Crippen LogP) is 1.81. The molecule has 1 aliphatic heterocycles. The summed E-state index contributed by atoms with van der Waals surface area (Å²) in [6, 6.07) is 0.323. The molecular formula is C14H21N3O2. The van der Waals surface area contributed by atoms with Crippen LogP contribution in [0.3, 0.4) is 0 Å². The molecule has 0 radical (unpaired) electrons.